The van der Waals surface area contributed by atoms with E-state index in [1.807, 2.05) is 12.1 Å². The van der Waals surface area contributed by atoms with Gasteiger partial charge in [-0.3, -0.25) is 9.88 Å². The van der Waals surface area contributed by atoms with Crippen molar-refractivity contribution in [2.75, 3.05) is 13.1 Å². The van der Waals surface area contributed by atoms with Gasteiger partial charge in [-0.2, -0.15) is 0 Å². The number of hydrogen-bond acceptors (Lipinski definition) is 3. The maximum absolute atomic E-state index is 9.04. The van der Waals surface area contributed by atoms with Gasteiger partial charge in [0.1, 0.15) is 0 Å². The van der Waals surface area contributed by atoms with Crippen LogP contribution in [0.5, 0.6) is 0 Å². The zero-order valence-electron chi connectivity index (χ0n) is 6.85. The van der Waals surface area contributed by atoms with Gasteiger partial charge < -0.3 is 5.11 Å². The minimum Gasteiger partial charge on any atom is -0.390 e. The average Bonchev–Trinajstić information content (AvgIpc) is 2.04. The molecule has 0 radical (unpaired) electrons. The molecule has 2 heterocycles. The number of aromatic nitrogens is 1. The Labute approximate surface area is 71.7 Å². The maximum Gasteiger partial charge on any atom is 0.0794 e. The molecule has 3 heteroatoms. The summed E-state index contributed by atoms with van der Waals surface area (Å²) >= 11 is 0. The summed E-state index contributed by atoms with van der Waals surface area (Å²) in [6, 6.07) is 4.01. The van der Waals surface area contributed by atoms with Crippen molar-refractivity contribution in [2.45, 2.75) is 12.6 Å². The molecule has 0 aromatic carbocycles. The topological polar surface area (TPSA) is 36.4 Å². The lowest BCUT2D eigenvalue weighted by Crippen LogP contribution is -2.49. The van der Waals surface area contributed by atoms with Crippen LogP contribution < -0.4 is 0 Å². The fourth-order valence-electron chi connectivity index (χ4n) is 1.42. The quantitative estimate of drug-likeness (QED) is 0.681. The summed E-state index contributed by atoms with van der Waals surface area (Å²) < 4.78 is 0. The van der Waals surface area contributed by atoms with Crippen molar-refractivity contribution >= 4 is 0 Å². The van der Waals surface area contributed by atoms with Crippen LogP contribution in [0.15, 0.2) is 24.5 Å². The molecular weight excluding hydrogens is 152 g/mol. The van der Waals surface area contributed by atoms with E-state index in [1.165, 1.54) is 5.56 Å². The van der Waals surface area contributed by atoms with Gasteiger partial charge >= 0.3 is 0 Å². The van der Waals surface area contributed by atoms with Gasteiger partial charge in [0, 0.05) is 32.0 Å². The second-order valence-electron chi connectivity index (χ2n) is 3.20. The molecule has 1 saturated heterocycles. The fraction of sp³-hybridized carbons (Fsp3) is 0.444. The molecular formula is C9H12N2O. The van der Waals surface area contributed by atoms with Gasteiger partial charge in [-0.15, -0.1) is 0 Å². The monoisotopic (exact) mass is 164 g/mol. The molecule has 1 aromatic heterocycles. The Bertz CT molecular complexity index is 244. The zero-order chi connectivity index (χ0) is 8.39. The van der Waals surface area contributed by atoms with Crippen molar-refractivity contribution in [2.24, 2.45) is 0 Å². The van der Waals surface area contributed by atoms with Crippen molar-refractivity contribution < 1.29 is 5.11 Å². The first-order valence-corrected chi connectivity index (χ1v) is 4.14. The lowest BCUT2D eigenvalue weighted by atomic mass is 10.1. The first-order chi connectivity index (χ1) is 5.84. The summed E-state index contributed by atoms with van der Waals surface area (Å²) in [6.45, 7) is 2.55. The lowest BCUT2D eigenvalue weighted by molar-refractivity contribution is -0.00287. The molecule has 1 aromatic rings. The van der Waals surface area contributed by atoms with Crippen LogP contribution in [0, 0.1) is 0 Å². The molecule has 0 saturated carbocycles. The van der Waals surface area contributed by atoms with Crippen LogP contribution in [-0.4, -0.2) is 34.2 Å². The average molecular weight is 164 g/mol. The Balaban J connectivity index is 1.88. The van der Waals surface area contributed by atoms with E-state index in [0.29, 0.717) is 0 Å². The lowest BCUT2D eigenvalue weighted by Gasteiger charge is -2.35. The third-order valence-electron chi connectivity index (χ3n) is 2.09. The third-order valence-corrected chi connectivity index (χ3v) is 2.09. The standard InChI is InChI=1S/C9H12N2O/c12-9-6-11(7-9)5-8-1-3-10-4-2-8/h1-4,9,12H,5-7H2. The number of rotatable bonds is 2. The van der Waals surface area contributed by atoms with Gasteiger partial charge in [0.2, 0.25) is 0 Å². The Hall–Kier alpha value is -0.930. The van der Waals surface area contributed by atoms with Crippen LogP contribution in [0.25, 0.3) is 0 Å². The van der Waals surface area contributed by atoms with Crippen molar-refractivity contribution in [1.82, 2.24) is 9.88 Å². The van der Waals surface area contributed by atoms with Crippen LogP contribution in [0.2, 0.25) is 0 Å². The number of pyridine rings is 1. The highest BCUT2D eigenvalue weighted by atomic mass is 16.3. The zero-order valence-corrected chi connectivity index (χ0v) is 6.85. The fourth-order valence-corrected chi connectivity index (χ4v) is 1.42. The highest BCUT2D eigenvalue weighted by Crippen LogP contribution is 2.11. The summed E-state index contributed by atoms with van der Waals surface area (Å²) in [5.74, 6) is 0. The van der Waals surface area contributed by atoms with Crippen LogP contribution in [-0.2, 0) is 6.54 Å². The number of hydrogen-bond donors (Lipinski definition) is 1. The first-order valence-electron chi connectivity index (χ1n) is 4.14. The molecule has 0 unspecified atom stereocenters. The van der Waals surface area contributed by atoms with Gasteiger partial charge in [-0.25, -0.2) is 0 Å². The first kappa shape index (κ1) is 7.71. The third kappa shape index (κ3) is 1.62. The van der Waals surface area contributed by atoms with E-state index in [0.717, 1.165) is 19.6 Å². The van der Waals surface area contributed by atoms with Crippen LogP contribution >= 0.6 is 0 Å². The van der Waals surface area contributed by atoms with Gasteiger partial charge in [0.25, 0.3) is 0 Å². The van der Waals surface area contributed by atoms with Crippen LogP contribution in [0.1, 0.15) is 5.56 Å². The molecule has 0 bridgehead atoms. The summed E-state index contributed by atoms with van der Waals surface area (Å²) in [5, 5.41) is 9.04. The second kappa shape index (κ2) is 3.21. The van der Waals surface area contributed by atoms with Crippen molar-refractivity contribution in [3.05, 3.63) is 30.1 Å². The van der Waals surface area contributed by atoms with Gasteiger partial charge in [0.15, 0.2) is 0 Å². The van der Waals surface area contributed by atoms with Gasteiger partial charge in [-0.1, -0.05) is 0 Å². The molecule has 1 N–H and O–H groups in total. The van der Waals surface area contributed by atoms with E-state index in [-0.39, 0.29) is 6.10 Å². The largest absolute Gasteiger partial charge is 0.390 e. The van der Waals surface area contributed by atoms with E-state index in [4.69, 9.17) is 5.11 Å². The highest BCUT2D eigenvalue weighted by molar-refractivity contribution is 5.10. The van der Waals surface area contributed by atoms with E-state index in [1.54, 1.807) is 12.4 Å². The summed E-state index contributed by atoms with van der Waals surface area (Å²) in [7, 11) is 0. The summed E-state index contributed by atoms with van der Waals surface area (Å²) in [4.78, 5) is 6.15. The van der Waals surface area contributed by atoms with Crippen LogP contribution in [0.3, 0.4) is 0 Å². The molecule has 1 aliphatic rings. The Morgan fingerprint density at radius 1 is 1.42 bits per heavy atom. The number of likely N-dealkylation sites (tertiary alicyclic amines) is 1. The molecule has 12 heavy (non-hydrogen) atoms. The minimum atomic E-state index is -0.105. The van der Waals surface area contributed by atoms with Gasteiger partial charge in [-0.05, 0) is 17.7 Å². The molecule has 3 nitrogen and oxygen atoms in total. The van der Waals surface area contributed by atoms with E-state index < -0.39 is 0 Å². The van der Waals surface area contributed by atoms with Crippen molar-refractivity contribution in [1.29, 1.82) is 0 Å². The molecule has 0 spiro atoms. The van der Waals surface area contributed by atoms with Crippen LogP contribution in [0.4, 0.5) is 0 Å². The SMILES string of the molecule is OC1CN(Cc2ccncc2)C1. The molecule has 0 aliphatic carbocycles. The summed E-state index contributed by atoms with van der Waals surface area (Å²) in [6.07, 6.45) is 3.49. The minimum absolute atomic E-state index is 0.105. The molecule has 0 amide bonds. The van der Waals surface area contributed by atoms with Crippen molar-refractivity contribution in [3.8, 4) is 0 Å². The molecule has 0 atom stereocenters. The smallest absolute Gasteiger partial charge is 0.0794 e. The molecule has 1 aliphatic heterocycles. The molecule has 1 fully saturated rings. The number of aliphatic hydroxyl groups is 1. The number of β-amino-alcohol motifs (C(OH)–C–C–N with tert-alkyl or cyclic N) is 1. The van der Waals surface area contributed by atoms with E-state index in [9.17, 15) is 0 Å². The second-order valence-corrected chi connectivity index (χ2v) is 3.20. The Morgan fingerprint density at radius 2 is 2.08 bits per heavy atom. The van der Waals surface area contributed by atoms with Crippen molar-refractivity contribution in [3.63, 3.8) is 0 Å². The highest BCUT2D eigenvalue weighted by Gasteiger charge is 2.23. The summed E-state index contributed by atoms with van der Waals surface area (Å²) in [5.41, 5.74) is 1.26. The Kier molecular flexibility index (Phi) is 2.06. The number of nitrogens with zero attached hydrogens (tertiary/aromatic N) is 2. The number of aliphatic hydroxyl groups excluding tert-OH is 1. The molecule has 2 rings (SSSR count). The van der Waals surface area contributed by atoms with Gasteiger partial charge in [0.05, 0.1) is 6.10 Å². The predicted octanol–water partition coefficient (Wildman–Crippen LogP) is 0.258. The van der Waals surface area contributed by atoms with E-state index >= 15 is 0 Å². The normalized spacial score (nSPS) is 19.1. The maximum atomic E-state index is 9.04. The van der Waals surface area contributed by atoms with E-state index in [2.05, 4.69) is 9.88 Å². The predicted molar refractivity (Wildman–Crippen MR) is 45.5 cm³/mol. The molecule has 64 valence electrons. The Morgan fingerprint density at radius 3 is 2.67 bits per heavy atom.